The van der Waals surface area contributed by atoms with Crippen LogP contribution in [0.1, 0.15) is 26.2 Å². The van der Waals surface area contributed by atoms with Crippen LogP contribution in [0.25, 0.3) is 0 Å². The summed E-state index contributed by atoms with van der Waals surface area (Å²) in [5, 5.41) is 4.38. The van der Waals surface area contributed by atoms with Crippen molar-refractivity contribution < 1.29 is 0 Å². The van der Waals surface area contributed by atoms with Gasteiger partial charge in [-0.05, 0) is 59.9 Å². The van der Waals surface area contributed by atoms with Crippen LogP contribution in [-0.2, 0) is 0 Å². The van der Waals surface area contributed by atoms with E-state index in [0.717, 1.165) is 15.2 Å². The van der Waals surface area contributed by atoms with Gasteiger partial charge < -0.3 is 10.2 Å². The number of nitrogens with one attached hydrogen (secondary N) is 1. The van der Waals surface area contributed by atoms with E-state index in [-0.39, 0.29) is 0 Å². The van der Waals surface area contributed by atoms with Gasteiger partial charge in [-0.1, -0.05) is 18.5 Å². The van der Waals surface area contributed by atoms with E-state index in [9.17, 15) is 0 Å². The number of nitrogens with zero attached hydrogens (tertiary/aromatic N) is 1. The van der Waals surface area contributed by atoms with E-state index >= 15 is 0 Å². The molecule has 0 bridgehead atoms. The van der Waals surface area contributed by atoms with Crippen molar-refractivity contribution in [3.8, 4) is 0 Å². The van der Waals surface area contributed by atoms with Crippen LogP contribution in [0, 0.1) is 0 Å². The summed E-state index contributed by atoms with van der Waals surface area (Å²) in [6.07, 6.45) is 3.69. The third-order valence-corrected chi connectivity index (χ3v) is 4.31. The number of hydrogen-bond donors (Lipinski definition) is 1. The number of halogens is 2. The lowest BCUT2D eigenvalue weighted by Crippen LogP contribution is -2.39. The van der Waals surface area contributed by atoms with Crippen molar-refractivity contribution in [3.05, 3.63) is 27.7 Å². The van der Waals surface area contributed by atoms with E-state index < -0.39 is 0 Å². The second kappa shape index (κ2) is 6.78. The van der Waals surface area contributed by atoms with Crippen LogP contribution in [0.3, 0.4) is 0 Å². The molecule has 1 aliphatic heterocycles. The van der Waals surface area contributed by atoms with Gasteiger partial charge in [0.1, 0.15) is 0 Å². The standard InChI is InChI=1S/C14H20BrClN2/c1-2-7-18-8-5-12(6-9-18)17-14-4-3-11(16)10-13(14)15/h3-4,10,12,17H,2,5-9H2,1H3. The quantitative estimate of drug-likeness (QED) is 0.880. The van der Waals surface area contributed by atoms with Gasteiger partial charge in [-0.2, -0.15) is 0 Å². The first kappa shape index (κ1) is 14.2. The van der Waals surface area contributed by atoms with Gasteiger partial charge in [0.2, 0.25) is 0 Å². The summed E-state index contributed by atoms with van der Waals surface area (Å²) in [6, 6.07) is 6.50. The first-order chi connectivity index (χ1) is 8.69. The highest BCUT2D eigenvalue weighted by molar-refractivity contribution is 9.10. The van der Waals surface area contributed by atoms with Gasteiger partial charge in [0.25, 0.3) is 0 Å². The molecule has 1 N–H and O–H groups in total. The minimum atomic E-state index is 0.579. The van der Waals surface area contributed by atoms with Gasteiger partial charge in [-0.15, -0.1) is 0 Å². The lowest BCUT2D eigenvalue weighted by Gasteiger charge is -2.32. The molecule has 1 fully saturated rings. The average molecular weight is 332 g/mol. The molecule has 1 aromatic rings. The lowest BCUT2D eigenvalue weighted by atomic mass is 10.0. The molecule has 0 unspecified atom stereocenters. The number of anilines is 1. The Morgan fingerprint density at radius 3 is 2.72 bits per heavy atom. The smallest absolute Gasteiger partial charge is 0.0487 e. The van der Waals surface area contributed by atoms with E-state index in [1.807, 2.05) is 18.2 Å². The van der Waals surface area contributed by atoms with Crippen molar-refractivity contribution in [2.24, 2.45) is 0 Å². The van der Waals surface area contributed by atoms with Crippen molar-refractivity contribution in [1.82, 2.24) is 4.90 Å². The number of likely N-dealkylation sites (tertiary alicyclic amines) is 1. The molecule has 18 heavy (non-hydrogen) atoms. The van der Waals surface area contributed by atoms with Gasteiger partial charge in [0.05, 0.1) is 0 Å². The van der Waals surface area contributed by atoms with Gasteiger partial charge in [0, 0.05) is 34.3 Å². The van der Waals surface area contributed by atoms with Gasteiger partial charge >= 0.3 is 0 Å². The Bertz CT molecular complexity index is 389. The average Bonchev–Trinajstić information content (AvgIpc) is 2.35. The predicted molar refractivity (Wildman–Crippen MR) is 82.5 cm³/mol. The number of piperidine rings is 1. The minimum absolute atomic E-state index is 0.579. The third-order valence-electron chi connectivity index (χ3n) is 3.42. The molecule has 1 saturated heterocycles. The van der Waals surface area contributed by atoms with Crippen molar-refractivity contribution in [2.45, 2.75) is 32.2 Å². The zero-order valence-corrected chi connectivity index (χ0v) is 13.1. The molecule has 1 aromatic carbocycles. The highest BCUT2D eigenvalue weighted by atomic mass is 79.9. The predicted octanol–water partition coefficient (Wildman–Crippen LogP) is 4.39. The maximum Gasteiger partial charge on any atom is 0.0487 e. The van der Waals surface area contributed by atoms with Gasteiger partial charge in [0.15, 0.2) is 0 Å². The lowest BCUT2D eigenvalue weighted by molar-refractivity contribution is 0.219. The van der Waals surface area contributed by atoms with Crippen LogP contribution in [-0.4, -0.2) is 30.6 Å². The molecule has 0 aliphatic carbocycles. The van der Waals surface area contributed by atoms with Crippen LogP contribution >= 0.6 is 27.5 Å². The highest BCUT2D eigenvalue weighted by Crippen LogP contribution is 2.27. The highest BCUT2D eigenvalue weighted by Gasteiger charge is 2.18. The van der Waals surface area contributed by atoms with Gasteiger partial charge in [-0.3, -0.25) is 0 Å². The summed E-state index contributed by atoms with van der Waals surface area (Å²) in [7, 11) is 0. The number of rotatable bonds is 4. The van der Waals surface area contributed by atoms with E-state index in [2.05, 4.69) is 33.1 Å². The number of benzene rings is 1. The molecule has 0 aromatic heterocycles. The molecule has 100 valence electrons. The third kappa shape index (κ3) is 3.87. The summed E-state index contributed by atoms with van der Waals surface area (Å²) in [5.41, 5.74) is 1.15. The largest absolute Gasteiger partial charge is 0.381 e. The molecule has 0 spiro atoms. The molecule has 0 saturated carbocycles. The normalized spacial score (nSPS) is 17.9. The zero-order valence-electron chi connectivity index (χ0n) is 10.8. The molecule has 2 rings (SSSR count). The molecular weight excluding hydrogens is 312 g/mol. The Hall–Kier alpha value is -0.250. The Kier molecular flexibility index (Phi) is 5.34. The van der Waals surface area contributed by atoms with E-state index in [0.29, 0.717) is 6.04 Å². The van der Waals surface area contributed by atoms with E-state index in [1.54, 1.807) is 0 Å². The molecular formula is C14H20BrClN2. The van der Waals surface area contributed by atoms with Crippen LogP contribution in [0.5, 0.6) is 0 Å². The summed E-state index contributed by atoms with van der Waals surface area (Å²) >= 11 is 9.50. The first-order valence-corrected chi connectivity index (χ1v) is 7.80. The second-order valence-electron chi connectivity index (χ2n) is 4.88. The number of hydrogen-bond acceptors (Lipinski definition) is 2. The zero-order chi connectivity index (χ0) is 13.0. The van der Waals surface area contributed by atoms with Gasteiger partial charge in [-0.25, -0.2) is 0 Å². The monoisotopic (exact) mass is 330 g/mol. The molecule has 0 radical (unpaired) electrons. The molecule has 2 nitrogen and oxygen atoms in total. The SMILES string of the molecule is CCCN1CCC(Nc2ccc(Cl)cc2Br)CC1. The Morgan fingerprint density at radius 1 is 1.39 bits per heavy atom. The van der Waals surface area contributed by atoms with Crippen LogP contribution in [0.2, 0.25) is 5.02 Å². The molecule has 0 atom stereocenters. The van der Waals surface area contributed by atoms with Crippen molar-refractivity contribution in [3.63, 3.8) is 0 Å². The van der Waals surface area contributed by atoms with E-state index in [4.69, 9.17) is 11.6 Å². The van der Waals surface area contributed by atoms with Crippen molar-refractivity contribution >= 4 is 33.2 Å². The maximum absolute atomic E-state index is 5.95. The fraction of sp³-hybridized carbons (Fsp3) is 0.571. The van der Waals surface area contributed by atoms with Crippen LogP contribution in [0.15, 0.2) is 22.7 Å². The van der Waals surface area contributed by atoms with Crippen LogP contribution in [0.4, 0.5) is 5.69 Å². The Labute approximate surface area is 123 Å². The summed E-state index contributed by atoms with van der Waals surface area (Å²) in [4.78, 5) is 2.55. The summed E-state index contributed by atoms with van der Waals surface area (Å²) < 4.78 is 1.05. The first-order valence-electron chi connectivity index (χ1n) is 6.63. The van der Waals surface area contributed by atoms with Crippen LogP contribution < -0.4 is 5.32 Å². The van der Waals surface area contributed by atoms with Crippen molar-refractivity contribution in [2.75, 3.05) is 25.0 Å². The molecule has 0 amide bonds. The fourth-order valence-electron chi connectivity index (χ4n) is 2.44. The van der Waals surface area contributed by atoms with Crippen molar-refractivity contribution in [1.29, 1.82) is 0 Å². The molecule has 4 heteroatoms. The Balaban J connectivity index is 1.87. The fourth-order valence-corrected chi connectivity index (χ4v) is 3.24. The topological polar surface area (TPSA) is 15.3 Å². The minimum Gasteiger partial charge on any atom is -0.381 e. The maximum atomic E-state index is 5.95. The molecule has 1 aliphatic rings. The van der Waals surface area contributed by atoms with E-state index in [1.165, 1.54) is 38.9 Å². The Morgan fingerprint density at radius 2 is 2.11 bits per heavy atom. The molecule has 1 heterocycles. The summed E-state index contributed by atoms with van der Waals surface area (Å²) in [5.74, 6) is 0. The summed E-state index contributed by atoms with van der Waals surface area (Å²) in [6.45, 7) is 5.89. The second-order valence-corrected chi connectivity index (χ2v) is 6.18.